The lowest BCUT2D eigenvalue weighted by atomic mass is 10.1. The summed E-state index contributed by atoms with van der Waals surface area (Å²) in [4.78, 5) is 13.6. The SMILES string of the molecule is CCCN(CCN(C)C)c1ncnc2c1CNCC2. The van der Waals surface area contributed by atoms with Crippen LogP contribution in [0.3, 0.4) is 0 Å². The van der Waals surface area contributed by atoms with Gasteiger partial charge < -0.3 is 15.1 Å². The van der Waals surface area contributed by atoms with Crippen LogP contribution in [0.1, 0.15) is 24.6 Å². The van der Waals surface area contributed by atoms with Crippen LogP contribution in [0.15, 0.2) is 6.33 Å². The van der Waals surface area contributed by atoms with Gasteiger partial charge in [-0.1, -0.05) is 6.92 Å². The average Bonchev–Trinajstić information content (AvgIpc) is 2.43. The monoisotopic (exact) mass is 263 g/mol. The van der Waals surface area contributed by atoms with Crippen molar-refractivity contribution in [1.29, 1.82) is 0 Å². The fraction of sp³-hybridized carbons (Fsp3) is 0.714. The first-order valence-electron chi connectivity index (χ1n) is 7.15. The fourth-order valence-corrected chi connectivity index (χ4v) is 2.44. The van der Waals surface area contributed by atoms with E-state index in [4.69, 9.17) is 0 Å². The smallest absolute Gasteiger partial charge is 0.136 e. The molecular formula is C14H25N5. The predicted molar refractivity (Wildman–Crippen MR) is 78.5 cm³/mol. The summed E-state index contributed by atoms with van der Waals surface area (Å²) in [7, 11) is 4.22. The zero-order valence-corrected chi connectivity index (χ0v) is 12.3. The molecule has 5 heteroatoms. The first kappa shape index (κ1) is 14.2. The van der Waals surface area contributed by atoms with Crippen molar-refractivity contribution in [3.05, 3.63) is 17.6 Å². The summed E-state index contributed by atoms with van der Waals surface area (Å²) >= 11 is 0. The summed E-state index contributed by atoms with van der Waals surface area (Å²) in [5.41, 5.74) is 2.51. The molecule has 0 radical (unpaired) electrons. The Morgan fingerprint density at radius 2 is 2.05 bits per heavy atom. The van der Waals surface area contributed by atoms with E-state index in [9.17, 15) is 0 Å². The number of aromatic nitrogens is 2. The molecule has 0 spiro atoms. The molecule has 0 saturated carbocycles. The number of rotatable bonds is 6. The number of nitrogens with zero attached hydrogens (tertiary/aromatic N) is 4. The maximum Gasteiger partial charge on any atom is 0.136 e. The van der Waals surface area contributed by atoms with Gasteiger partial charge in [0.15, 0.2) is 0 Å². The Morgan fingerprint density at radius 1 is 1.21 bits per heavy atom. The zero-order chi connectivity index (χ0) is 13.7. The molecule has 1 aromatic heterocycles. The molecule has 0 bridgehead atoms. The van der Waals surface area contributed by atoms with Crippen molar-refractivity contribution in [2.24, 2.45) is 0 Å². The summed E-state index contributed by atoms with van der Waals surface area (Å²) in [5, 5.41) is 3.43. The van der Waals surface area contributed by atoms with Gasteiger partial charge in [0.25, 0.3) is 0 Å². The van der Waals surface area contributed by atoms with Crippen LogP contribution in [0.4, 0.5) is 5.82 Å². The standard InChI is InChI=1S/C14H25N5/c1-4-7-19(9-8-18(2)3)14-12-10-15-6-5-13(12)16-11-17-14/h11,15H,4-10H2,1-3H3. The van der Waals surface area contributed by atoms with Crippen LogP contribution in [0, 0.1) is 0 Å². The second-order valence-electron chi connectivity index (χ2n) is 5.34. The zero-order valence-electron chi connectivity index (χ0n) is 12.3. The Bertz CT molecular complexity index is 405. The Labute approximate surface area is 116 Å². The van der Waals surface area contributed by atoms with Crippen molar-refractivity contribution in [3.8, 4) is 0 Å². The summed E-state index contributed by atoms with van der Waals surface area (Å²) in [6.45, 7) is 7.25. The molecule has 0 aliphatic carbocycles. The Morgan fingerprint density at radius 3 is 2.79 bits per heavy atom. The number of hydrogen-bond donors (Lipinski definition) is 1. The fourth-order valence-electron chi connectivity index (χ4n) is 2.44. The maximum absolute atomic E-state index is 4.55. The van der Waals surface area contributed by atoms with E-state index < -0.39 is 0 Å². The van der Waals surface area contributed by atoms with Crippen molar-refractivity contribution in [1.82, 2.24) is 20.2 Å². The quantitative estimate of drug-likeness (QED) is 0.826. The van der Waals surface area contributed by atoms with Gasteiger partial charge in [-0.3, -0.25) is 0 Å². The first-order valence-corrected chi connectivity index (χ1v) is 7.15. The summed E-state index contributed by atoms with van der Waals surface area (Å²) < 4.78 is 0. The first-order chi connectivity index (χ1) is 9.22. The third-order valence-electron chi connectivity index (χ3n) is 3.46. The van der Waals surface area contributed by atoms with Gasteiger partial charge in [-0.25, -0.2) is 9.97 Å². The molecule has 5 nitrogen and oxygen atoms in total. The summed E-state index contributed by atoms with van der Waals surface area (Å²) in [5.74, 6) is 1.13. The van der Waals surface area contributed by atoms with Crippen LogP contribution in [-0.4, -0.2) is 55.1 Å². The molecule has 0 aromatic carbocycles. The third kappa shape index (κ3) is 3.64. The Hall–Kier alpha value is -1.20. The molecule has 19 heavy (non-hydrogen) atoms. The van der Waals surface area contributed by atoms with Gasteiger partial charge in [-0.05, 0) is 20.5 Å². The molecule has 1 aliphatic heterocycles. The van der Waals surface area contributed by atoms with E-state index in [0.717, 1.165) is 51.4 Å². The molecule has 2 rings (SSSR count). The highest BCUT2D eigenvalue weighted by Gasteiger charge is 2.19. The van der Waals surface area contributed by atoms with Crippen molar-refractivity contribution < 1.29 is 0 Å². The van der Waals surface area contributed by atoms with Crippen molar-refractivity contribution >= 4 is 5.82 Å². The molecule has 1 aromatic rings. The largest absolute Gasteiger partial charge is 0.355 e. The summed E-state index contributed by atoms with van der Waals surface area (Å²) in [6.07, 6.45) is 3.87. The third-order valence-corrected chi connectivity index (χ3v) is 3.46. The van der Waals surface area contributed by atoms with E-state index >= 15 is 0 Å². The molecule has 1 N–H and O–H groups in total. The van der Waals surface area contributed by atoms with Crippen molar-refractivity contribution in [2.45, 2.75) is 26.3 Å². The molecule has 2 heterocycles. The minimum atomic E-state index is 0.897. The highest BCUT2D eigenvalue weighted by atomic mass is 15.2. The van der Waals surface area contributed by atoms with Crippen LogP contribution in [0.2, 0.25) is 0 Å². The number of likely N-dealkylation sites (N-methyl/N-ethyl adjacent to an activating group) is 1. The molecule has 106 valence electrons. The van der Waals surface area contributed by atoms with E-state index in [0.29, 0.717) is 0 Å². The second kappa shape index (κ2) is 6.82. The van der Waals surface area contributed by atoms with Gasteiger partial charge in [-0.2, -0.15) is 0 Å². The van der Waals surface area contributed by atoms with Gasteiger partial charge in [0.05, 0.1) is 5.69 Å². The number of nitrogens with one attached hydrogen (secondary N) is 1. The second-order valence-corrected chi connectivity index (χ2v) is 5.34. The molecule has 1 aliphatic rings. The summed E-state index contributed by atoms with van der Waals surface area (Å²) in [6, 6.07) is 0. The molecule has 0 atom stereocenters. The lowest BCUT2D eigenvalue weighted by Gasteiger charge is -2.29. The predicted octanol–water partition coefficient (Wildman–Crippen LogP) is 0.900. The highest BCUT2D eigenvalue weighted by molar-refractivity contribution is 5.49. The van der Waals surface area contributed by atoms with Gasteiger partial charge in [0, 0.05) is 44.7 Å². The molecular weight excluding hydrogens is 238 g/mol. The number of anilines is 1. The van der Waals surface area contributed by atoms with Gasteiger partial charge >= 0.3 is 0 Å². The average molecular weight is 263 g/mol. The molecule has 0 fully saturated rings. The van der Waals surface area contributed by atoms with Gasteiger partial charge in [-0.15, -0.1) is 0 Å². The van der Waals surface area contributed by atoms with Crippen LogP contribution in [0.25, 0.3) is 0 Å². The normalized spacial score (nSPS) is 14.5. The van der Waals surface area contributed by atoms with Gasteiger partial charge in [0.2, 0.25) is 0 Å². The lowest BCUT2D eigenvalue weighted by molar-refractivity contribution is 0.412. The van der Waals surface area contributed by atoms with E-state index in [1.54, 1.807) is 6.33 Å². The lowest BCUT2D eigenvalue weighted by Crippen LogP contribution is -2.35. The molecule has 0 saturated heterocycles. The van der Waals surface area contributed by atoms with E-state index in [1.165, 1.54) is 11.3 Å². The molecule has 0 unspecified atom stereocenters. The van der Waals surface area contributed by atoms with E-state index in [1.807, 2.05) is 0 Å². The minimum Gasteiger partial charge on any atom is -0.355 e. The van der Waals surface area contributed by atoms with Crippen molar-refractivity contribution in [2.75, 3.05) is 45.2 Å². The van der Waals surface area contributed by atoms with E-state index in [-0.39, 0.29) is 0 Å². The number of hydrogen-bond acceptors (Lipinski definition) is 5. The Balaban J connectivity index is 2.20. The molecule has 0 amide bonds. The topological polar surface area (TPSA) is 44.3 Å². The van der Waals surface area contributed by atoms with Crippen LogP contribution < -0.4 is 10.2 Å². The van der Waals surface area contributed by atoms with Gasteiger partial charge in [0.1, 0.15) is 12.1 Å². The van der Waals surface area contributed by atoms with Crippen LogP contribution in [0.5, 0.6) is 0 Å². The maximum atomic E-state index is 4.55. The Kier molecular flexibility index (Phi) is 5.10. The van der Waals surface area contributed by atoms with Crippen LogP contribution >= 0.6 is 0 Å². The van der Waals surface area contributed by atoms with Crippen molar-refractivity contribution in [3.63, 3.8) is 0 Å². The van der Waals surface area contributed by atoms with E-state index in [2.05, 4.69) is 46.1 Å². The number of fused-ring (bicyclic) bond motifs is 1. The minimum absolute atomic E-state index is 0.897. The highest BCUT2D eigenvalue weighted by Crippen LogP contribution is 2.22. The van der Waals surface area contributed by atoms with Crippen LogP contribution in [-0.2, 0) is 13.0 Å².